The summed E-state index contributed by atoms with van der Waals surface area (Å²) in [7, 11) is -4.11. The van der Waals surface area contributed by atoms with Gasteiger partial charge < -0.3 is 4.74 Å². The number of carbonyl (C=O) groups excluding carboxylic acids is 1. The molecule has 0 atom stereocenters. The first-order chi connectivity index (χ1) is 18.7. The lowest BCUT2D eigenvalue weighted by Crippen LogP contribution is -2.39. The van der Waals surface area contributed by atoms with E-state index < -0.39 is 28.3 Å². The zero-order valence-electron chi connectivity index (χ0n) is 20.9. The molecule has 0 aliphatic rings. The first-order valence-electron chi connectivity index (χ1n) is 11.9. The summed E-state index contributed by atoms with van der Waals surface area (Å²) in [5.74, 6) is -0.570. The van der Waals surface area contributed by atoms with Gasteiger partial charge in [-0.05, 0) is 79.2 Å². The van der Waals surface area contributed by atoms with E-state index in [1.165, 1.54) is 30.5 Å². The first-order valence-corrected chi connectivity index (χ1v) is 13.7. The zero-order valence-corrected chi connectivity index (χ0v) is 22.5. The van der Waals surface area contributed by atoms with Gasteiger partial charge in [0.2, 0.25) is 0 Å². The van der Waals surface area contributed by atoms with Gasteiger partial charge in [0.15, 0.2) is 0 Å². The lowest BCUT2D eigenvalue weighted by Gasteiger charge is -2.23. The highest BCUT2D eigenvalue weighted by atomic mass is 35.5. The van der Waals surface area contributed by atoms with Crippen molar-refractivity contribution in [2.24, 2.45) is 5.10 Å². The fourth-order valence-corrected chi connectivity index (χ4v) is 5.14. The molecule has 0 fully saturated rings. The Morgan fingerprint density at radius 1 is 0.974 bits per heavy atom. The Balaban J connectivity index is 1.40. The number of nitrogens with zero attached hydrogens (tertiary/aromatic N) is 2. The highest BCUT2D eigenvalue weighted by Crippen LogP contribution is 2.24. The quantitative estimate of drug-likeness (QED) is 0.197. The molecule has 1 N–H and O–H groups in total. The molecule has 39 heavy (non-hydrogen) atoms. The van der Waals surface area contributed by atoms with E-state index in [2.05, 4.69) is 10.5 Å². The number of sulfonamides is 1. The van der Waals surface area contributed by atoms with Crippen LogP contribution in [0.25, 0.3) is 0 Å². The fourth-order valence-electron chi connectivity index (χ4n) is 3.53. The smallest absolute Gasteiger partial charge is 0.264 e. The van der Waals surface area contributed by atoms with Crippen molar-refractivity contribution in [1.29, 1.82) is 0 Å². The molecule has 0 radical (unpaired) electrons. The first kappa shape index (κ1) is 27.8. The van der Waals surface area contributed by atoms with Crippen molar-refractivity contribution in [3.63, 3.8) is 0 Å². The number of anilines is 1. The van der Waals surface area contributed by atoms with Crippen LogP contribution in [0.3, 0.4) is 0 Å². The Morgan fingerprint density at radius 3 is 2.31 bits per heavy atom. The standard InChI is InChI=1S/C29H25ClFN3O4S/c1-21-6-16-27(17-7-21)39(36,37)34(25-12-10-24(31)11-13-25)19-29(35)33-32-18-22-8-14-26(15-9-22)38-20-23-4-2-3-5-28(23)30/h2-18H,19-20H2,1H3,(H,33,35)/b32-18-. The lowest BCUT2D eigenvalue weighted by molar-refractivity contribution is -0.119. The molecule has 10 heteroatoms. The summed E-state index contributed by atoms with van der Waals surface area (Å²) >= 11 is 6.15. The molecule has 0 heterocycles. The number of hydrazone groups is 1. The molecule has 0 bridgehead atoms. The molecule has 4 rings (SSSR count). The maximum absolute atomic E-state index is 13.5. The molecule has 0 spiro atoms. The molecule has 0 aliphatic heterocycles. The zero-order chi connectivity index (χ0) is 27.8. The summed E-state index contributed by atoms with van der Waals surface area (Å²) in [6.45, 7) is 1.59. The number of rotatable bonds is 10. The second-order valence-corrected chi connectivity index (χ2v) is 10.8. The maximum atomic E-state index is 13.5. The number of hydrogen-bond acceptors (Lipinski definition) is 5. The number of nitrogens with one attached hydrogen (secondary N) is 1. The predicted octanol–water partition coefficient (Wildman–Crippen LogP) is 5.71. The van der Waals surface area contributed by atoms with Crippen molar-refractivity contribution < 1.29 is 22.3 Å². The third-order valence-corrected chi connectivity index (χ3v) is 7.80. The number of hydrogen-bond donors (Lipinski definition) is 1. The van der Waals surface area contributed by atoms with Crippen molar-refractivity contribution in [1.82, 2.24) is 5.43 Å². The van der Waals surface area contributed by atoms with E-state index in [4.69, 9.17) is 16.3 Å². The molecular weight excluding hydrogens is 541 g/mol. The van der Waals surface area contributed by atoms with E-state index in [0.717, 1.165) is 27.6 Å². The highest BCUT2D eigenvalue weighted by Gasteiger charge is 2.27. The minimum atomic E-state index is -4.11. The molecule has 0 aliphatic carbocycles. The van der Waals surface area contributed by atoms with Crippen LogP contribution in [0.1, 0.15) is 16.7 Å². The van der Waals surface area contributed by atoms with Crippen molar-refractivity contribution >= 4 is 39.4 Å². The molecule has 4 aromatic carbocycles. The van der Waals surface area contributed by atoms with Crippen LogP contribution in [0.5, 0.6) is 5.75 Å². The van der Waals surface area contributed by atoms with Crippen LogP contribution in [-0.2, 0) is 21.4 Å². The Kier molecular flexibility index (Phi) is 8.96. The van der Waals surface area contributed by atoms with E-state index in [1.54, 1.807) is 42.5 Å². The summed E-state index contributed by atoms with van der Waals surface area (Å²) in [5.41, 5.74) is 4.92. The SMILES string of the molecule is Cc1ccc(S(=O)(=O)N(CC(=O)N/N=C\c2ccc(OCc3ccccc3Cl)cc2)c2ccc(F)cc2)cc1. The average Bonchev–Trinajstić information content (AvgIpc) is 2.93. The van der Waals surface area contributed by atoms with E-state index in [1.807, 2.05) is 25.1 Å². The Hall–Kier alpha value is -4.21. The summed E-state index contributed by atoms with van der Waals surface area (Å²) in [6, 6.07) is 25.5. The van der Waals surface area contributed by atoms with Crippen LogP contribution in [0.4, 0.5) is 10.1 Å². The summed E-state index contributed by atoms with van der Waals surface area (Å²) in [4.78, 5) is 12.7. The number of amides is 1. The highest BCUT2D eigenvalue weighted by molar-refractivity contribution is 7.92. The van der Waals surface area contributed by atoms with Gasteiger partial charge in [-0.25, -0.2) is 18.2 Å². The number of aryl methyl sites for hydroxylation is 1. The Labute approximate surface area is 231 Å². The van der Waals surface area contributed by atoms with Gasteiger partial charge in [0, 0.05) is 10.6 Å². The van der Waals surface area contributed by atoms with Crippen molar-refractivity contribution in [3.05, 3.63) is 125 Å². The number of carbonyl (C=O) groups is 1. The number of halogens is 2. The van der Waals surface area contributed by atoms with Gasteiger partial charge in [0.05, 0.1) is 16.8 Å². The summed E-state index contributed by atoms with van der Waals surface area (Å²) in [6.07, 6.45) is 1.42. The van der Waals surface area contributed by atoms with E-state index in [-0.39, 0.29) is 10.6 Å². The van der Waals surface area contributed by atoms with Crippen LogP contribution in [0, 0.1) is 12.7 Å². The molecule has 0 saturated heterocycles. The van der Waals surface area contributed by atoms with Crippen LogP contribution in [0.15, 0.2) is 107 Å². The third-order valence-electron chi connectivity index (χ3n) is 5.65. The van der Waals surface area contributed by atoms with Gasteiger partial charge in [0.25, 0.3) is 15.9 Å². The third kappa shape index (κ3) is 7.43. The molecule has 0 aromatic heterocycles. The van der Waals surface area contributed by atoms with Gasteiger partial charge in [-0.1, -0.05) is 47.5 Å². The Morgan fingerprint density at radius 2 is 1.64 bits per heavy atom. The molecule has 1 amide bonds. The molecular formula is C29H25ClFN3O4S. The largest absolute Gasteiger partial charge is 0.489 e. The summed E-state index contributed by atoms with van der Waals surface area (Å²) < 4.78 is 46.8. The second-order valence-electron chi connectivity index (χ2n) is 8.54. The maximum Gasteiger partial charge on any atom is 0.264 e. The van der Waals surface area contributed by atoms with Gasteiger partial charge in [0.1, 0.15) is 24.7 Å². The number of ether oxygens (including phenoxy) is 1. The monoisotopic (exact) mass is 565 g/mol. The molecule has 7 nitrogen and oxygen atoms in total. The van der Waals surface area contributed by atoms with Crippen molar-refractivity contribution in [2.45, 2.75) is 18.4 Å². The summed E-state index contributed by atoms with van der Waals surface area (Å²) in [5, 5.41) is 4.57. The average molecular weight is 566 g/mol. The minimum Gasteiger partial charge on any atom is -0.489 e. The molecule has 4 aromatic rings. The second kappa shape index (κ2) is 12.6. The van der Waals surface area contributed by atoms with Gasteiger partial charge in [-0.2, -0.15) is 5.10 Å². The van der Waals surface area contributed by atoms with E-state index in [0.29, 0.717) is 22.9 Å². The van der Waals surface area contributed by atoms with Crippen LogP contribution < -0.4 is 14.5 Å². The van der Waals surface area contributed by atoms with Crippen LogP contribution >= 0.6 is 11.6 Å². The van der Waals surface area contributed by atoms with E-state index in [9.17, 15) is 17.6 Å². The topological polar surface area (TPSA) is 88.1 Å². The van der Waals surface area contributed by atoms with Crippen molar-refractivity contribution in [2.75, 3.05) is 10.8 Å². The predicted molar refractivity (Wildman–Crippen MR) is 150 cm³/mol. The number of benzene rings is 4. The fraction of sp³-hybridized carbons (Fsp3) is 0.103. The molecule has 0 saturated carbocycles. The van der Waals surface area contributed by atoms with Crippen LogP contribution in [-0.4, -0.2) is 27.1 Å². The Bertz CT molecular complexity index is 1560. The lowest BCUT2D eigenvalue weighted by atomic mass is 10.2. The van der Waals surface area contributed by atoms with Crippen molar-refractivity contribution in [3.8, 4) is 5.75 Å². The van der Waals surface area contributed by atoms with Gasteiger partial charge >= 0.3 is 0 Å². The van der Waals surface area contributed by atoms with Crippen LogP contribution in [0.2, 0.25) is 5.02 Å². The normalized spacial score (nSPS) is 11.4. The van der Waals surface area contributed by atoms with Gasteiger partial charge in [-0.3, -0.25) is 9.10 Å². The van der Waals surface area contributed by atoms with Gasteiger partial charge in [-0.15, -0.1) is 0 Å². The minimum absolute atomic E-state index is 0.00516. The van der Waals surface area contributed by atoms with E-state index >= 15 is 0 Å². The molecule has 200 valence electrons. The molecule has 0 unspecified atom stereocenters.